The van der Waals surface area contributed by atoms with E-state index in [2.05, 4.69) is 10.3 Å². The summed E-state index contributed by atoms with van der Waals surface area (Å²) in [5.74, 6) is -1.16. The first-order valence-electron chi connectivity index (χ1n) is 12.6. The maximum Gasteiger partial charge on any atom is 0.255 e. The van der Waals surface area contributed by atoms with E-state index in [1.165, 1.54) is 12.1 Å². The Kier molecular flexibility index (Phi) is 6.92. The number of aryl methyl sites for hydroxylation is 2. The second kappa shape index (κ2) is 10.3. The fourth-order valence-electron chi connectivity index (χ4n) is 5.29. The van der Waals surface area contributed by atoms with Gasteiger partial charge < -0.3 is 10.2 Å². The molecule has 0 radical (unpaired) electrons. The van der Waals surface area contributed by atoms with Crippen molar-refractivity contribution >= 4 is 16.8 Å². The van der Waals surface area contributed by atoms with Gasteiger partial charge in [0.2, 0.25) is 0 Å². The van der Waals surface area contributed by atoms with Crippen LogP contribution in [0.3, 0.4) is 0 Å². The van der Waals surface area contributed by atoms with Crippen LogP contribution in [0, 0.1) is 36.8 Å². The van der Waals surface area contributed by atoms with Crippen molar-refractivity contribution in [1.82, 2.24) is 15.2 Å². The van der Waals surface area contributed by atoms with Crippen LogP contribution in [0.15, 0.2) is 54.7 Å². The molecular formula is C31H28F2N4O. The van der Waals surface area contributed by atoms with Crippen LogP contribution in [0.4, 0.5) is 8.78 Å². The normalized spacial score (nSPS) is 15.0. The number of benzene rings is 3. The Labute approximate surface area is 220 Å². The summed E-state index contributed by atoms with van der Waals surface area (Å²) in [6.07, 6.45) is 3.61. The summed E-state index contributed by atoms with van der Waals surface area (Å²) >= 11 is 0. The molecule has 2 heterocycles. The molecule has 4 aromatic rings. The molecule has 0 aliphatic carbocycles. The monoisotopic (exact) mass is 510 g/mol. The minimum Gasteiger partial charge on any atom is -0.340 e. The molecule has 1 aromatic heterocycles. The van der Waals surface area contributed by atoms with E-state index in [9.17, 15) is 14.4 Å². The fraction of sp³-hybridized carbons (Fsp3) is 0.258. The highest BCUT2D eigenvalue weighted by atomic mass is 19.1. The summed E-state index contributed by atoms with van der Waals surface area (Å²) in [5, 5.41) is 13.3. The molecule has 0 saturated carbocycles. The number of halogens is 2. The van der Waals surface area contributed by atoms with Crippen LogP contribution >= 0.6 is 0 Å². The summed E-state index contributed by atoms with van der Waals surface area (Å²) in [7, 11) is 1.76. The Morgan fingerprint density at radius 1 is 1.11 bits per heavy atom. The van der Waals surface area contributed by atoms with Gasteiger partial charge in [-0.15, -0.1) is 0 Å². The van der Waals surface area contributed by atoms with Crippen molar-refractivity contribution in [2.24, 2.45) is 0 Å². The molecule has 3 aromatic carbocycles. The van der Waals surface area contributed by atoms with Crippen LogP contribution in [-0.4, -0.2) is 42.0 Å². The molecule has 5 rings (SSSR count). The largest absolute Gasteiger partial charge is 0.340 e. The molecule has 7 heteroatoms. The maximum atomic E-state index is 15.5. The van der Waals surface area contributed by atoms with Gasteiger partial charge in [0.05, 0.1) is 22.7 Å². The molecule has 5 nitrogen and oxygen atoms in total. The molecule has 192 valence electrons. The Bertz CT molecular complexity index is 1600. The lowest BCUT2D eigenvalue weighted by molar-refractivity contribution is 0.0786. The number of fused-ring (bicyclic) bond motifs is 1. The van der Waals surface area contributed by atoms with Crippen molar-refractivity contribution in [1.29, 1.82) is 5.26 Å². The van der Waals surface area contributed by atoms with E-state index < -0.39 is 11.6 Å². The third-order valence-corrected chi connectivity index (χ3v) is 7.13. The number of likely N-dealkylation sites (N-methyl/N-ethyl adjacent to an activating group) is 1. The quantitative estimate of drug-likeness (QED) is 0.349. The number of rotatable bonds is 5. The minimum atomic E-state index is -0.525. The van der Waals surface area contributed by atoms with Gasteiger partial charge in [0.15, 0.2) is 0 Å². The van der Waals surface area contributed by atoms with Gasteiger partial charge >= 0.3 is 0 Å². The van der Waals surface area contributed by atoms with Gasteiger partial charge in [0, 0.05) is 42.3 Å². The molecule has 0 bridgehead atoms. The summed E-state index contributed by atoms with van der Waals surface area (Å²) in [6, 6.07) is 15.1. The maximum absolute atomic E-state index is 15.5. The van der Waals surface area contributed by atoms with E-state index in [0.29, 0.717) is 50.8 Å². The second-order valence-electron chi connectivity index (χ2n) is 10.0. The molecular weight excluding hydrogens is 482 g/mol. The van der Waals surface area contributed by atoms with Crippen LogP contribution in [-0.2, 0) is 0 Å². The molecule has 1 atom stereocenters. The van der Waals surface area contributed by atoms with Gasteiger partial charge in [0.25, 0.3) is 5.91 Å². The van der Waals surface area contributed by atoms with Crippen molar-refractivity contribution in [3.63, 3.8) is 0 Å². The van der Waals surface area contributed by atoms with Gasteiger partial charge in [-0.2, -0.15) is 5.26 Å². The summed E-state index contributed by atoms with van der Waals surface area (Å²) in [6.45, 7) is 5.03. The third kappa shape index (κ3) is 4.88. The molecule has 1 saturated heterocycles. The first-order valence-corrected chi connectivity index (χ1v) is 12.6. The third-order valence-electron chi connectivity index (χ3n) is 7.13. The van der Waals surface area contributed by atoms with Crippen molar-refractivity contribution in [3.05, 3.63) is 88.6 Å². The minimum absolute atomic E-state index is 0.198. The molecule has 38 heavy (non-hydrogen) atoms. The average molecular weight is 511 g/mol. The Hall–Kier alpha value is -4.15. The number of nitrogens with one attached hydrogen (secondary N) is 1. The van der Waals surface area contributed by atoms with E-state index in [4.69, 9.17) is 0 Å². The highest BCUT2D eigenvalue weighted by Crippen LogP contribution is 2.35. The zero-order chi connectivity index (χ0) is 27.0. The van der Waals surface area contributed by atoms with Crippen LogP contribution < -0.4 is 5.32 Å². The summed E-state index contributed by atoms with van der Waals surface area (Å²) in [4.78, 5) is 20.3. The number of aromatic nitrogens is 1. The number of carbonyl (C=O) groups excluding carboxylic acids is 1. The average Bonchev–Trinajstić information content (AvgIpc) is 3.42. The highest BCUT2D eigenvalue weighted by molar-refractivity contribution is 6.12. The van der Waals surface area contributed by atoms with Gasteiger partial charge in [-0.1, -0.05) is 17.7 Å². The topological polar surface area (TPSA) is 69.0 Å². The predicted molar refractivity (Wildman–Crippen MR) is 145 cm³/mol. The number of hydrogen-bond acceptors (Lipinski definition) is 4. The standard InChI is InChI=1S/C31H28F2N4O/c1-18-9-19(2)30(33)25(10-18)27-16-36-28-7-6-21(22-11-20(15-34)12-23(32)13-22)14-26(28)29(27)31(38)37(3)17-24-5-4-8-35-24/h6-7,9-14,16,24,35H,4-5,8,17H2,1-3H3/t24-/m0/s1. The number of nitrogens with zero attached hydrogens (tertiary/aromatic N) is 3. The van der Waals surface area contributed by atoms with Crippen LogP contribution in [0.25, 0.3) is 33.2 Å². The lowest BCUT2D eigenvalue weighted by atomic mass is 9.92. The number of pyridine rings is 1. The number of carbonyl (C=O) groups is 1. The molecule has 1 N–H and O–H groups in total. The fourth-order valence-corrected chi connectivity index (χ4v) is 5.29. The molecule has 1 fully saturated rings. The van der Waals surface area contributed by atoms with Crippen LogP contribution in [0.2, 0.25) is 0 Å². The first kappa shape index (κ1) is 25.5. The van der Waals surface area contributed by atoms with Crippen molar-refractivity contribution in [2.75, 3.05) is 20.1 Å². The summed E-state index contributed by atoms with van der Waals surface area (Å²) in [5.41, 5.74) is 4.33. The van der Waals surface area contributed by atoms with Crippen LogP contribution in [0.5, 0.6) is 0 Å². The molecule has 0 unspecified atom stereocenters. The molecule has 1 amide bonds. The smallest absolute Gasteiger partial charge is 0.255 e. The first-order chi connectivity index (χ1) is 18.2. The Balaban J connectivity index is 1.73. The van der Waals surface area contributed by atoms with E-state index in [0.717, 1.165) is 24.9 Å². The SMILES string of the molecule is Cc1cc(C)c(F)c(-c2cnc3ccc(-c4cc(F)cc(C#N)c4)cc3c2C(=O)N(C)C[C@@H]2CCCN2)c1. The van der Waals surface area contributed by atoms with E-state index >= 15 is 4.39 Å². The van der Waals surface area contributed by atoms with Gasteiger partial charge in [0.1, 0.15) is 11.6 Å². The van der Waals surface area contributed by atoms with Crippen molar-refractivity contribution in [2.45, 2.75) is 32.7 Å². The van der Waals surface area contributed by atoms with Crippen molar-refractivity contribution < 1.29 is 13.6 Å². The number of amides is 1. The van der Waals surface area contributed by atoms with Gasteiger partial charge in [-0.05, 0) is 86.3 Å². The van der Waals surface area contributed by atoms with Crippen LogP contribution in [0.1, 0.15) is 39.9 Å². The zero-order valence-electron chi connectivity index (χ0n) is 21.6. The molecule has 0 spiro atoms. The molecule has 1 aliphatic rings. The number of hydrogen-bond donors (Lipinski definition) is 1. The van der Waals surface area contributed by atoms with E-state index in [1.54, 1.807) is 61.5 Å². The Morgan fingerprint density at radius 2 is 1.92 bits per heavy atom. The molecule has 1 aliphatic heterocycles. The predicted octanol–water partition coefficient (Wildman–Crippen LogP) is 6.16. The lowest BCUT2D eigenvalue weighted by Gasteiger charge is -2.24. The van der Waals surface area contributed by atoms with E-state index in [-0.39, 0.29) is 17.5 Å². The zero-order valence-corrected chi connectivity index (χ0v) is 21.6. The van der Waals surface area contributed by atoms with Gasteiger partial charge in [-0.25, -0.2) is 8.78 Å². The second-order valence-corrected chi connectivity index (χ2v) is 10.0. The van der Waals surface area contributed by atoms with Gasteiger partial charge in [-0.3, -0.25) is 9.78 Å². The lowest BCUT2D eigenvalue weighted by Crippen LogP contribution is -2.39. The Morgan fingerprint density at radius 3 is 2.66 bits per heavy atom. The highest BCUT2D eigenvalue weighted by Gasteiger charge is 2.26. The van der Waals surface area contributed by atoms with E-state index in [1.807, 2.05) is 13.0 Å². The summed E-state index contributed by atoms with van der Waals surface area (Å²) < 4.78 is 29.7. The number of nitriles is 1. The van der Waals surface area contributed by atoms with Crippen molar-refractivity contribution in [3.8, 4) is 28.3 Å².